The summed E-state index contributed by atoms with van der Waals surface area (Å²) in [7, 11) is 1.56. The molecule has 3 N–H and O–H groups in total. The van der Waals surface area contributed by atoms with E-state index in [1.54, 1.807) is 43.5 Å². The Balaban J connectivity index is 1.89. The summed E-state index contributed by atoms with van der Waals surface area (Å²) < 4.78 is 19.8. The van der Waals surface area contributed by atoms with Crippen molar-refractivity contribution in [3.05, 3.63) is 81.8 Å². The maximum absolute atomic E-state index is 14.6. The van der Waals surface area contributed by atoms with Crippen LogP contribution in [0.4, 0.5) is 4.39 Å². The lowest BCUT2D eigenvalue weighted by Crippen LogP contribution is -2.21. The zero-order valence-electron chi connectivity index (χ0n) is 14.4. The summed E-state index contributed by atoms with van der Waals surface area (Å²) in [6.07, 6.45) is 0.138. The van der Waals surface area contributed by atoms with E-state index >= 15 is 0 Å². The molecule has 0 fully saturated rings. The summed E-state index contributed by atoms with van der Waals surface area (Å²) in [6, 6.07) is 12.3. The first-order valence-corrected chi connectivity index (χ1v) is 8.84. The Morgan fingerprint density at radius 3 is 2.52 bits per heavy atom. The first-order chi connectivity index (χ1) is 12.9. The van der Waals surface area contributed by atoms with Gasteiger partial charge in [0.2, 0.25) is 0 Å². The number of aliphatic hydroxyl groups is 1. The fourth-order valence-electron chi connectivity index (χ4n) is 2.70. The molecule has 2 aromatic carbocycles. The molecule has 0 saturated carbocycles. The van der Waals surface area contributed by atoms with Crippen LogP contribution in [-0.2, 0) is 0 Å². The number of ether oxygens (including phenoxy) is 1. The van der Waals surface area contributed by atoms with Crippen molar-refractivity contribution in [1.82, 2.24) is 4.98 Å². The molecule has 4 nitrogen and oxygen atoms in total. The number of hydrogen-bond acceptors (Lipinski definition) is 4. The van der Waals surface area contributed by atoms with Crippen LogP contribution in [0, 0.1) is 5.82 Å². The molecule has 1 heterocycles. The van der Waals surface area contributed by atoms with Gasteiger partial charge in [0.05, 0.1) is 23.2 Å². The summed E-state index contributed by atoms with van der Waals surface area (Å²) in [6.45, 7) is 0. The van der Waals surface area contributed by atoms with Gasteiger partial charge in [-0.3, -0.25) is 4.98 Å². The Kier molecular flexibility index (Phi) is 5.97. The van der Waals surface area contributed by atoms with Gasteiger partial charge >= 0.3 is 0 Å². The molecule has 0 bridgehead atoms. The van der Waals surface area contributed by atoms with Gasteiger partial charge in [-0.05, 0) is 41.5 Å². The number of aliphatic hydroxyl groups excluding tert-OH is 1. The smallest absolute Gasteiger partial charge is 0.148 e. The maximum Gasteiger partial charge on any atom is 0.148 e. The van der Waals surface area contributed by atoms with Crippen molar-refractivity contribution in [2.24, 2.45) is 5.73 Å². The fourth-order valence-corrected chi connectivity index (χ4v) is 3.01. The highest BCUT2D eigenvalue weighted by molar-refractivity contribution is 6.42. The minimum Gasteiger partial charge on any atom is -0.497 e. The first-order valence-electron chi connectivity index (χ1n) is 8.09. The average molecular weight is 407 g/mol. The number of aromatic nitrogens is 1. The van der Waals surface area contributed by atoms with Crippen LogP contribution in [0.5, 0.6) is 5.75 Å². The highest BCUT2D eigenvalue weighted by atomic mass is 35.5. The quantitative estimate of drug-likeness (QED) is 0.629. The average Bonchev–Trinajstić information content (AvgIpc) is 2.69. The number of halogens is 3. The van der Waals surface area contributed by atoms with Crippen LogP contribution in [0.15, 0.2) is 54.7 Å². The van der Waals surface area contributed by atoms with Crippen LogP contribution in [0.3, 0.4) is 0 Å². The van der Waals surface area contributed by atoms with Gasteiger partial charge in [0.15, 0.2) is 0 Å². The van der Waals surface area contributed by atoms with Crippen molar-refractivity contribution in [3.63, 3.8) is 0 Å². The van der Waals surface area contributed by atoms with E-state index in [-0.39, 0.29) is 5.69 Å². The second-order valence-electron chi connectivity index (χ2n) is 5.97. The minimum absolute atomic E-state index is 0.139. The molecule has 27 heavy (non-hydrogen) atoms. The van der Waals surface area contributed by atoms with E-state index in [4.69, 9.17) is 33.7 Å². The van der Waals surface area contributed by atoms with E-state index in [0.717, 1.165) is 5.56 Å². The summed E-state index contributed by atoms with van der Waals surface area (Å²) >= 11 is 11.9. The third-order valence-corrected chi connectivity index (χ3v) is 4.96. The predicted octanol–water partition coefficient (Wildman–Crippen LogP) is 4.94. The van der Waals surface area contributed by atoms with E-state index in [2.05, 4.69) is 4.98 Å². The standard InChI is InChI=1S/C20H17Cl2FN2O2/c1-27-14-4-2-3-11(7-14)13-9-17(23)19(25-10-13)20(26)18(24)12-5-6-15(21)16(22)8-12/h2-10,18,20,26H,24H2,1H3/t18-,20-/m0/s1. The Labute approximate surface area is 166 Å². The molecule has 2 atom stereocenters. The Morgan fingerprint density at radius 1 is 1.07 bits per heavy atom. The summed E-state index contributed by atoms with van der Waals surface area (Å²) in [5.74, 6) is -0.00279. The number of methoxy groups -OCH3 is 1. The molecule has 140 valence electrons. The number of benzene rings is 2. The third-order valence-electron chi connectivity index (χ3n) is 4.22. The van der Waals surface area contributed by atoms with E-state index in [0.29, 0.717) is 26.9 Å². The topological polar surface area (TPSA) is 68.4 Å². The molecule has 0 amide bonds. The van der Waals surface area contributed by atoms with Crippen LogP contribution in [-0.4, -0.2) is 17.2 Å². The summed E-state index contributed by atoms with van der Waals surface area (Å²) in [5.41, 5.74) is 7.76. The summed E-state index contributed by atoms with van der Waals surface area (Å²) in [5, 5.41) is 11.2. The van der Waals surface area contributed by atoms with Gasteiger partial charge < -0.3 is 15.6 Å². The molecular formula is C20H17Cl2FN2O2. The largest absolute Gasteiger partial charge is 0.497 e. The molecule has 3 aromatic rings. The fraction of sp³-hybridized carbons (Fsp3) is 0.150. The number of rotatable bonds is 5. The third kappa shape index (κ3) is 4.22. The lowest BCUT2D eigenvalue weighted by molar-refractivity contribution is 0.137. The van der Waals surface area contributed by atoms with Gasteiger partial charge in [0, 0.05) is 11.8 Å². The van der Waals surface area contributed by atoms with Gasteiger partial charge in [-0.15, -0.1) is 0 Å². The molecule has 0 aliphatic rings. The molecular weight excluding hydrogens is 390 g/mol. The van der Waals surface area contributed by atoms with Crippen molar-refractivity contribution in [2.75, 3.05) is 7.11 Å². The van der Waals surface area contributed by atoms with Crippen LogP contribution in [0.1, 0.15) is 23.4 Å². The Hall–Kier alpha value is -2.18. The molecule has 1 aromatic heterocycles. The second-order valence-corrected chi connectivity index (χ2v) is 6.78. The molecule has 0 unspecified atom stereocenters. The van der Waals surface area contributed by atoms with Crippen molar-refractivity contribution in [1.29, 1.82) is 0 Å². The Morgan fingerprint density at radius 2 is 1.85 bits per heavy atom. The maximum atomic E-state index is 14.6. The number of nitrogens with two attached hydrogens (primary N) is 1. The Bertz CT molecular complexity index is 968. The van der Waals surface area contributed by atoms with Gasteiger partial charge in [-0.25, -0.2) is 4.39 Å². The van der Waals surface area contributed by atoms with E-state index in [9.17, 15) is 9.50 Å². The van der Waals surface area contributed by atoms with Crippen molar-refractivity contribution in [3.8, 4) is 16.9 Å². The highest BCUT2D eigenvalue weighted by Gasteiger charge is 2.24. The monoisotopic (exact) mass is 406 g/mol. The van der Waals surface area contributed by atoms with Crippen molar-refractivity contribution in [2.45, 2.75) is 12.1 Å². The van der Waals surface area contributed by atoms with Crippen LogP contribution in [0.2, 0.25) is 10.0 Å². The summed E-state index contributed by atoms with van der Waals surface area (Å²) in [4.78, 5) is 4.09. The molecule has 3 rings (SSSR count). The van der Waals surface area contributed by atoms with Crippen LogP contribution >= 0.6 is 23.2 Å². The second kappa shape index (κ2) is 8.23. The molecule has 0 radical (unpaired) electrons. The molecule has 0 saturated heterocycles. The number of pyridine rings is 1. The molecule has 7 heteroatoms. The van der Waals surface area contributed by atoms with Crippen LogP contribution in [0.25, 0.3) is 11.1 Å². The van der Waals surface area contributed by atoms with Gasteiger partial charge in [0.25, 0.3) is 0 Å². The van der Waals surface area contributed by atoms with Gasteiger partial charge in [-0.2, -0.15) is 0 Å². The zero-order valence-corrected chi connectivity index (χ0v) is 15.9. The zero-order chi connectivity index (χ0) is 19.6. The van der Waals surface area contributed by atoms with Crippen molar-refractivity contribution < 1.29 is 14.2 Å². The van der Waals surface area contributed by atoms with E-state index < -0.39 is 18.0 Å². The highest BCUT2D eigenvalue weighted by Crippen LogP contribution is 2.32. The molecule has 0 aliphatic heterocycles. The lowest BCUT2D eigenvalue weighted by Gasteiger charge is -2.20. The van der Waals surface area contributed by atoms with Crippen molar-refractivity contribution >= 4 is 23.2 Å². The van der Waals surface area contributed by atoms with E-state index in [1.165, 1.54) is 12.3 Å². The first kappa shape index (κ1) is 19.6. The van der Waals surface area contributed by atoms with Gasteiger partial charge in [-0.1, -0.05) is 41.4 Å². The normalized spacial score (nSPS) is 13.3. The SMILES string of the molecule is COc1cccc(-c2cnc([C@@H](O)[C@@H](N)c3ccc(Cl)c(Cl)c3)c(F)c2)c1. The number of hydrogen-bond donors (Lipinski definition) is 2. The lowest BCUT2D eigenvalue weighted by atomic mass is 9.98. The van der Waals surface area contributed by atoms with Crippen LogP contribution < -0.4 is 10.5 Å². The van der Waals surface area contributed by atoms with Gasteiger partial charge in [0.1, 0.15) is 23.4 Å². The van der Waals surface area contributed by atoms with E-state index in [1.807, 2.05) is 6.07 Å². The molecule has 0 spiro atoms. The number of nitrogens with zero attached hydrogens (tertiary/aromatic N) is 1. The minimum atomic E-state index is -1.35. The molecule has 0 aliphatic carbocycles. The predicted molar refractivity (Wildman–Crippen MR) is 105 cm³/mol.